The van der Waals surface area contributed by atoms with Crippen molar-refractivity contribution in [3.8, 4) is 0 Å². The molecule has 0 radical (unpaired) electrons. The first-order valence-electron chi connectivity index (χ1n) is 4.47. The van der Waals surface area contributed by atoms with Crippen LogP contribution in [-0.2, 0) is 0 Å². The molecule has 0 aromatic heterocycles. The zero-order valence-electron chi connectivity index (χ0n) is 5.84. The first-order valence-corrected chi connectivity index (χ1v) is 4.47. The van der Waals surface area contributed by atoms with Gasteiger partial charge in [-0.3, -0.25) is 0 Å². The summed E-state index contributed by atoms with van der Waals surface area (Å²) >= 11 is 0. The van der Waals surface area contributed by atoms with Crippen LogP contribution in [0.3, 0.4) is 0 Å². The molecule has 3 fully saturated rings. The minimum atomic E-state index is 1.23. The standard InChI is InChI=1S/C9H14/c1-2-6-7(3-1)9-5-4-8(6)9/h6-9H,1-5H2/t6-,7+,8+,9?/m1/s1. The number of fused-ring (bicyclic) bond motifs is 4. The Hall–Kier alpha value is 0. The molecule has 0 heterocycles. The van der Waals surface area contributed by atoms with Crippen LogP contribution in [0.1, 0.15) is 32.1 Å². The molecule has 0 saturated heterocycles. The van der Waals surface area contributed by atoms with E-state index in [4.69, 9.17) is 0 Å². The predicted octanol–water partition coefficient (Wildman–Crippen LogP) is 2.44. The number of rotatable bonds is 0. The lowest BCUT2D eigenvalue weighted by Gasteiger charge is -2.57. The highest BCUT2D eigenvalue weighted by Gasteiger charge is 2.56. The molecule has 4 atom stereocenters. The van der Waals surface area contributed by atoms with Crippen molar-refractivity contribution in [1.29, 1.82) is 0 Å². The summed E-state index contributed by atoms with van der Waals surface area (Å²) < 4.78 is 0. The SMILES string of the molecule is C1C[C@@H]2[C@H](C1)C1CC[C@H]12. The lowest BCUT2D eigenvalue weighted by atomic mass is 9.48. The van der Waals surface area contributed by atoms with Gasteiger partial charge in [0.15, 0.2) is 0 Å². The first-order chi connectivity index (χ1) is 4.47. The largest absolute Gasteiger partial charge is 0.0527 e. The molecule has 3 rings (SSSR count). The molecule has 0 N–H and O–H groups in total. The molecule has 0 aromatic rings. The van der Waals surface area contributed by atoms with Crippen LogP contribution in [0.2, 0.25) is 0 Å². The van der Waals surface area contributed by atoms with Gasteiger partial charge in [-0.2, -0.15) is 0 Å². The van der Waals surface area contributed by atoms with Gasteiger partial charge in [0.2, 0.25) is 0 Å². The Balaban J connectivity index is 1.85. The molecule has 0 amide bonds. The summed E-state index contributed by atoms with van der Waals surface area (Å²) in [6, 6.07) is 0. The monoisotopic (exact) mass is 122 g/mol. The molecule has 0 heteroatoms. The van der Waals surface area contributed by atoms with Gasteiger partial charge in [0.25, 0.3) is 0 Å². The molecule has 0 spiro atoms. The fourth-order valence-electron chi connectivity index (χ4n) is 3.55. The lowest BCUT2D eigenvalue weighted by molar-refractivity contribution is -0.0815. The number of hydrogen-bond acceptors (Lipinski definition) is 0. The Kier molecular flexibility index (Phi) is 0.717. The van der Waals surface area contributed by atoms with Crippen LogP contribution in [0.15, 0.2) is 0 Å². The van der Waals surface area contributed by atoms with Gasteiger partial charge in [0, 0.05) is 0 Å². The number of hydrogen-bond donors (Lipinski definition) is 0. The highest BCUT2D eigenvalue weighted by Crippen LogP contribution is 2.64. The quantitative estimate of drug-likeness (QED) is 0.463. The zero-order chi connectivity index (χ0) is 5.84. The molecular weight excluding hydrogens is 108 g/mol. The molecule has 1 unspecified atom stereocenters. The summed E-state index contributed by atoms with van der Waals surface area (Å²) in [4.78, 5) is 0. The molecule has 0 aliphatic heterocycles. The van der Waals surface area contributed by atoms with Crippen molar-refractivity contribution in [1.82, 2.24) is 0 Å². The minimum absolute atomic E-state index is 1.23. The van der Waals surface area contributed by atoms with E-state index in [0.717, 1.165) is 0 Å². The Morgan fingerprint density at radius 1 is 0.556 bits per heavy atom. The molecular formula is C9H14. The van der Waals surface area contributed by atoms with E-state index in [1.54, 1.807) is 32.1 Å². The molecule has 0 aromatic carbocycles. The molecule has 0 nitrogen and oxygen atoms in total. The average molecular weight is 122 g/mol. The van der Waals surface area contributed by atoms with Gasteiger partial charge >= 0.3 is 0 Å². The van der Waals surface area contributed by atoms with E-state index in [2.05, 4.69) is 0 Å². The summed E-state index contributed by atoms with van der Waals surface area (Å²) in [5.74, 6) is 4.92. The fourth-order valence-corrected chi connectivity index (χ4v) is 3.55. The van der Waals surface area contributed by atoms with Crippen molar-refractivity contribution >= 4 is 0 Å². The lowest BCUT2D eigenvalue weighted by Crippen LogP contribution is -2.50. The van der Waals surface area contributed by atoms with Crippen molar-refractivity contribution < 1.29 is 0 Å². The highest BCUT2D eigenvalue weighted by molar-refractivity contribution is 5.05. The van der Waals surface area contributed by atoms with Crippen LogP contribution in [0.4, 0.5) is 0 Å². The maximum atomic E-state index is 1.59. The Bertz CT molecular complexity index is 123. The van der Waals surface area contributed by atoms with Crippen LogP contribution in [0, 0.1) is 23.7 Å². The molecule has 3 aliphatic rings. The average Bonchev–Trinajstić information content (AvgIpc) is 2.13. The highest BCUT2D eigenvalue weighted by atomic mass is 14.6. The maximum Gasteiger partial charge on any atom is -0.0352 e. The Morgan fingerprint density at radius 2 is 1.00 bits per heavy atom. The van der Waals surface area contributed by atoms with Gasteiger partial charge < -0.3 is 0 Å². The van der Waals surface area contributed by atoms with E-state index < -0.39 is 0 Å². The van der Waals surface area contributed by atoms with Crippen LogP contribution < -0.4 is 0 Å². The summed E-state index contributed by atoms with van der Waals surface area (Å²) in [7, 11) is 0. The molecule has 9 heavy (non-hydrogen) atoms. The van der Waals surface area contributed by atoms with Crippen molar-refractivity contribution in [2.75, 3.05) is 0 Å². The molecule has 50 valence electrons. The Labute approximate surface area is 56.6 Å². The van der Waals surface area contributed by atoms with Gasteiger partial charge in [0.05, 0.1) is 0 Å². The second-order valence-electron chi connectivity index (χ2n) is 4.16. The van der Waals surface area contributed by atoms with Gasteiger partial charge in [-0.05, 0) is 49.4 Å². The van der Waals surface area contributed by atoms with E-state index in [1.165, 1.54) is 23.7 Å². The Morgan fingerprint density at radius 3 is 1.44 bits per heavy atom. The van der Waals surface area contributed by atoms with Crippen molar-refractivity contribution in [3.05, 3.63) is 0 Å². The minimum Gasteiger partial charge on any atom is -0.0527 e. The van der Waals surface area contributed by atoms with Crippen LogP contribution in [0.25, 0.3) is 0 Å². The molecule has 0 bridgehead atoms. The maximum absolute atomic E-state index is 1.59. The van der Waals surface area contributed by atoms with Crippen molar-refractivity contribution in [2.24, 2.45) is 23.7 Å². The van der Waals surface area contributed by atoms with E-state index >= 15 is 0 Å². The van der Waals surface area contributed by atoms with Gasteiger partial charge in [0.1, 0.15) is 0 Å². The molecule has 3 aliphatic carbocycles. The van der Waals surface area contributed by atoms with Crippen molar-refractivity contribution in [3.63, 3.8) is 0 Å². The van der Waals surface area contributed by atoms with Gasteiger partial charge in [-0.25, -0.2) is 0 Å². The zero-order valence-corrected chi connectivity index (χ0v) is 5.84. The van der Waals surface area contributed by atoms with E-state index in [1.807, 2.05) is 0 Å². The van der Waals surface area contributed by atoms with Crippen LogP contribution in [-0.4, -0.2) is 0 Å². The van der Waals surface area contributed by atoms with Gasteiger partial charge in [-0.15, -0.1) is 0 Å². The smallest absolute Gasteiger partial charge is 0.0352 e. The second kappa shape index (κ2) is 1.36. The fraction of sp³-hybridized carbons (Fsp3) is 1.00. The third-order valence-electron chi connectivity index (χ3n) is 4.11. The van der Waals surface area contributed by atoms with E-state index in [-0.39, 0.29) is 0 Å². The second-order valence-corrected chi connectivity index (χ2v) is 4.16. The summed E-state index contributed by atoms with van der Waals surface area (Å²) in [6.45, 7) is 0. The van der Waals surface area contributed by atoms with E-state index in [9.17, 15) is 0 Å². The van der Waals surface area contributed by atoms with Gasteiger partial charge in [-0.1, -0.05) is 6.42 Å². The van der Waals surface area contributed by atoms with Crippen LogP contribution in [0.5, 0.6) is 0 Å². The topological polar surface area (TPSA) is 0 Å². The molecule has 3 saturated carbocycles. The summed E-state index contributed by atoms with van der Waals surface area (Å²) in [6.07, 6.45) is 7.91. The third-order valence-corrected chi connectivity index (χ3v) is 4.11. The summed E-state index contributed by atoms with van der Waals surface area (Å²) in [5, 5.41) is 0. The summed E-state index contributed by atoms with van der Waals surface area (Å²) in [5.41, 5.74) is 0. The van der Waals surface area contributed by atoms with E-state index in [0.29, 0.717) is 0 Å². The first kappa shape index (κ1) is 4.76. The normalized spacial score (nSPS) is 61.3. The van der Waals surface area contributed by atoms with Crippen LogP contribution >= 0.6 is 0 Å². The predicted molar refractivity (Wildman–Crippen MR) is 37.0 cm³/mol. The van der Waals surface area contributed by atoms with Crippen molar-refractivity contribution in [2.45, 2.75) is 32.1 Å². The third kappa shape index (κ3) is 0.395.